The van der Waals surface area contributed by atoms with Crippen molar-refractivity contribution < 1.29 is 23.9 Å². The van der Waals surface area contributed by atoms with Gasteiger partial charge in [-0.1, -0.05) is 33.4 Å². The average Bonchev–Trinajstić information content (AvgIpc) is 3.65. The van der Waals surface area contributed by atoms with E-state index in [2.05, 4.69) is 50.3 Å². The molecule has 2 aromatic heterocycles. The summed E-state index contributed by atoms with van der Waals surface area (Å²) in [4.78, 5) is 56.1. The van der Waals surface area contributed by atoms with E-state index in [-0.39, 0.29) is 36.1 Å². The van der Waals surface area contributed by atoms with Crippen LogP contribution in [0.4, 0.5) is 0 Å². The number of methoxy groups -OCH3 is 1. The summed E-state index contributed by atoms with van der Waals surface area (Å²) in [6.07, 6.45) is 9.57. The van der Waals surface area contributed by atoms with E-state index < -0.39 is 23.9 Å². The number of ether oxygens (including phenoxy) is 2. The van der Waals surface area contributed by atoms with E-state index in [0.29, 0.717) is 17.7 Å². The molecule has 8 bridgehead atoms. The Bertz CT molecular complexity index is 1780. The number of aliphatic imine (C=N–C) groups is 2. The molecule has 4 aliphatic heterocycles. The molecule has 224 valence electrons. The van der Waals surface area contributed by atoms with Crippen molar-refractivity contribution in [1.82, 2.24) is 9.97 Å². The van der Waals surface area contributed by atoms with Gasteiger partial charge in [0.15, 0.2) is 0 Å². The maximum Gasteiger partial charge on any atom is 0.347 e. The summed E-state index contributed by atoms with van der Waals surface area (Å²) < 4.78 is 10.3. The van der Waals surface area contributed by atoms with Gasteiger partial charge in [-0.3, -0.25) is 19.6 Å². The first kappa shape index (κ1) is 28.8. The van der Waals surface area contributed by atoms with Gasteiger partial charge in [0.2, 0.25) is 0 Å². The highest BCUT2D eigenvalue weighted by atomic mass is 16.6. The van der Waals surface area contributed by atoms with E-state index in [1.807, 2.05) is 25.2 Å². The molecule has 0 saturated carbocycles. The first-order valence-electron chi connectivity index (χ1n) is 15.0. The van der Waals surface area contributed by atoms with Crippen LogP contribution in [0.5, 0.6) is 0 Å². The average molecular weight is 583 g/mol. The van der Waals surface area contributed by atoms with Crippen LogP contribution in [0.15, 0.2) is 22.3 Å². The number of allylic oxidation sites excluding steroid dienone is 1. The molecular formula is C34H38N4O5. The monoisotopic (exact) mass is 582 g/mol. The number of carbonyl (C=O) groups is 3. The molecule has 0 spiro atoms. The molecule has 6 heterocycles. The number of nitrogens with one attached hydrogen (secondary N) is 2. The van der Waals surface area contributed by atoms with Crippen molar-refractivity contribution in [1.29, 1.82) is 0 Å². The predicted molar refractivity (Wildman–Crippen MR) is 166 cm³/mol. The van der Waals surface area contributed by atoms with Gasteiger partial charge in [0.1, 0.15) is 5.92 Å². The van der Waals surface area contributed by atoms with Gasteiger partial charge >= 0.3 is 17.9 Å². The Morgan fingerprint density at radius 3 is 2.51 bits per heavy atom. The summed E-state index contributed by atoms with van der Waals surface area (Å²) in [6.45, 7) is 14.4. The molecule has 0 radical (unpaired) electrons. The van der Waals surface area contributed by atoms with Gasteiger partial charge in [0.25, 0.3) is 0 Å². The van der Waals surface area contributed by atoms with E-state index in [0.717, 1.165) is 56.6 Å². The number of esters is 3. The molecule has 0 saturated heterocycles. The Balaban J connectivity index is 1.64. The lowest BCUT2D eigenvalue weighted by molar-refractivity contribution is -0.141. The van der Waals surface area contributed by atoms with Gasteiger partial charge in [0.05, 0.1) is 18.7 Å². The van der Waals surface area contributed by atoms with Gasteiger partial charge in [0, 0.05) is 68.9 Å². The van der Waals surface area contributed by atoms with Crippen molar-refractivity contribution in [3.8, 4) is 0 Å². The number of cyclic esters (lactones) is 2. The minimum Gasteiger partial charge on any atom is -0.469 e. The van der Waals surface area contributed by atoms with Gasteiger partial charge in [-0.25, -0.2) is 4.79 Å². The van der Waals surface area contributed by atoms with Crippen molar-refractivity contribution in [3.05, 3.63) is 56.6 Å². The Labute approximate surface area is 250 Å². The summed E-state index contributed by atoms with van der Waals surface area (Å²) >= 11 is 0. The van der Waals surface area contributed by atoms with Crippen LogP contribution in [-0.4, -0.2) is 52.5 Å². The quantitative estimate of drug-likeness (QED) is 0.405. The lowest BCUT2D eigenvalue weighted by atomic mass is 9.77. The highest BCUT2D eigenvalue weighted by Gasteiger charge is 2.49. The minimum atomic E-state index is -0.830. The largest absolute Gasteiger partial charge is 0.469 e. The molecule has 4 aliphatic rings. The molecule has 0 aromatic carbocycles. The van der Waals surface area contributed by atoms with Gasteiger partial charge in [-0.05, 0) is 62.0 Å². The van der Waals surface area contributed by atoms with E-state index >= 15 is 0 Å². The minimum absolute atomic E-state index is 0.0788. The van der Waals surface area contributed by atoms with Crippen LogP contribution in [0.3, 0.4) is 0 Å². The molecule has 6 rings (SSSR count). The summed E-state index contributed by atoms with van der Waals surface area (Å²) in [6, 6.07) is -0.545. The molecular weight excluding hydrogens is 544 g/mol. The van der Waals surface area contributed by atoms with Crippen LogP contribution in [0.1, 0.15) is 84.4 Å². The van der Waals surface area contributed by atoms with Gasteiger partial charge < -0.3 is 19.4 Å². The third-order valence-electron chi connectivity index (χ3n) is 9.97. The zero-order valence-corrected chi connectivity index (χ0v) is 25.5. The van der Waals surface area contributed by atoms with Crippen LogP contribution >= 0.6 is 0 Å². The summed E-state index contributed by atoms with van der Waals surface area (Å²) in [5.41, 5.74) is 7.10. The van der Waals surface area contributed by atoms with Crippen molar-refractivity contribution in [2.24, 2.45) is 33.7 Å². The lowest BCUT2D eigenvalue weighted by Crippen LogP contribution is -2.38. The zero-order valence-electron chi connectivity index (χ0n) is 25.5. The fourth-order valence-corrected chi connectivity index (χ4v) is 7.39. The standard InChI is InChI=1S/C34H38N4O5/c1-8-19-15(3)22-12-24-17(5)21(10-11-28(39)42-7)31(37-24)30-32-29(33(40)43-34(30)41)18(6)25(38-32)14-27-20(9-2)16(4)23(36-27)13-26(19)35-22/h8,12-14,16-17,20-21,30-31,35,38H,1,9-11H2,2-7H3/b22-12+,26-13-,27-14-/t16?,17?,20?,21-,30?,31?/m0/s1. The number of aromatic nitrogens is 2. The van der Waals surface area contributed by atoms with Crippen molar-refractivity contribution in [2.45, 2.75) is 65.8 Å². The fraction of sp³-hybridized carbons (Fsp3) is 0.441. The second-order valence-corrected chi connectivity index (χ2v) is 12.1. The second-order valence-electron chi connectivity index (χ2n) is 12.1. The van der Waals surface area contributed by atoms with Gasteiger partial charge in [-0.2, -0.15) is 0 Å². The number of hydrogen-bond donors (Lipinski definition) is 2. The maximum absolute atomic E-state index is 13.5. The smallest absolute Gasteiger partial charge is 0.347 e. The molecule has 0 fully saturated rings. The molecule has 9 nitrogen and oxygen atoms in total. The number of H-pyrrole nitrogens is 2. The number of carbonyl (C=O) groups excluding carboxylic acids is 3. The lowest BCUT2D eigenvalue weighted by Gasteiger charge is -2.29. The first-order valence-corrected chi connectivity index (χ1v) is 15.0. The first-order chi connectivity index (χ1) is 20.6. The third-order valence-corrected chi connectivity index (χ3v) is 9.97. The van der Waals surface area contributed by atoms with Crippen molar-refractivity contribution >= 4 is 53.6 Å². The summed E-state index contributed by atoms with van der Waals surface area (Å²) in [5.74, 6) is -2.32. The Morgan fingerprint density at radius 2 is 1.81 bits per heavy atom. The normalized spacial score (nSPS) is 30.2. The molecule has 2 N–H and O–H groups in total. The van der Waals surface area contributed by atoms with Crippen molar-refractivity contribution in [3.63, 3.8) is 0 Å². The van der Waals surface area contributed by atoms with Gasteiger partial charge in [-0.15, -0.1) is 0 Å². The number of rotatable bonds is 5. The third kappa shape index (κ3) is 4.56. The molecule has 0 amide bonds. The molecule has 43 heavy (non-hydrogen) atoms. The van der Waals surface area contributed by atoms with E-state index in [9.17, 15) is 14.4 Å². The second kappa shape index (κ2) is 10.8. The van der Waals surface area contributed by atoms with E-state index in [4.69, 9.17) is 19.5 Å². The number of fused-ring (bicyclic) bond motifs is 6. The summed E-state index contributed by atoms with van der Waals surface area (Å²) in [5, 5.41) is 1.84. The van der Waals surface area contributed by atoms with Crippen LogP contribution in [0.2, 0.25) is 0 Å². The van der Waals surface area contributed by atoms with Crippen LogP contribution in [0, 0.1) is 37.5 Å². The Kier molecular flexibility index (Phi) is 7.22. The maximum atomic E-state index is 13.5. The highest BCUT2D eigenvalue weighted by molar-refractivity contribution is 6.15. The van der Waals surface area contributed by atoms with Crippen molar-refractivity contribution in [2.75, 3.05) is 7.11 Å². The molecule has 6 atom stereocenters. The van der Waals surface area contributed by atoms with E-state index in [1.165, 1.54) is 7.11 Å². The van der Waals surface area contributed by atoms with Crippen LogP contribution in [-0.2, 0) is 19.1 Å². The topological polar surface area (TPSA) is 126 Å². The number of aromatic amines is 2. The Hall–Kier alpha value is -4.27. The summed E-state index contributed by atoms with van der Waals surface area (Å²) in [7, 11) is 1.37. The highest BCUT2D eigenvalue weighted by Crippen LogP contribution is 2.44. The Morgan fingerprint density at radius 1 is 1.07 bits per heavy atom. The SMILES string of the molecule is C=Cc1c(C)/c2[nH]/c1=C\C1=NC(=C\c3[nH]c4c(c3C)C(=O)OC(=O)C4C3N=C(/C=2)C(C)[C@@H]3CCC(=O)OC)/C(CC)C1C. The molecule has 5 unspecified atom stereocenters. The molecule has 0 aliphatic carbocycles. The fourth-order valence-electron chi connectivity index (χ4n) is 7.39. The predicted octanol–water partition coefficient (Wildman–Crippen LogP) is 4.14. The molecule has 2 aromatic rings. The number of nitrogens with zero attached hydrogens (tertiary/aromatic N) is 2. The number of hydrogen-bond acceptors (Lipinski definition) is 7. The van der Waals surface area contributed by atoms with Crippen LogP contribution in [0.25, 0.3) is 24.3 Å². The zero-order chi connectivity index (χ0) is 30.7. The van der Waals surface area contributed by atoms with E-state index in [1.54, 1.807) is 0 Å². The van der Waals surface area contributed by atoms with Crippen LogP contribution < -0.4 is 10.7 Å². The molecule has 9 heteroatoms.